The van der Waals surface area contributed by atoms with E-state index in [1.165, 1.54) is 5.57 Å². The lowest BCUT2D eigenvalue weighted by Crippen LogP contribution is -2.12. The van der Waals surface area contributed by atoms with Crippen LogP contribution in [-0.4, -0.2) is 17.2 Å². The third kappa shape index (κ3) is 3.52. The summed E-state index contributed by atoms with van der Waals surface area (Å²) in [7, 11) is 0. The molecule has 2 heterocycles. The maximum Gasteiger partial charge on any atom is 0.129 e. The molecule has 0 bridgehead atoms. The summed E-state index contributed by atoms with van der Waals surface area (Å²) in [6.45, 7) is 0.857. The maximum absolute atomic E-state index is 5.93. The predicted molar refractivity (Wildman–Crippen MR) is 89.3 cm³/mol. The van der Waals surface area contributed by atoms with Crippen molar-refractivity contribution in [1.29, 1.82) is 0 Å². The zero-order valence-corrected chi connectivity index (χ0v) is 12.9. The summed E-state index contributed by atoms with van der Waals surface area (Å²) in [4.78, 5) is 8.81. The van der Waals surface area contributed by atoms with Gasteiger partial charge < -0.3 is 0 Å². The maximum atomic E-state index is 5.93. The Labute approximate surface area is 134 Å². The van der Waals surface area contributed by atoms with E-state index in [0.717, 1.165) is 41.2 Å². The molecule has 21 heavy (non-hydrogen) atoms. The second kappa shape index (κ2) is 6.42. The van der Waals surface area contributed by atoms with Gasteiger partial charge in [0.1, 0.15) is 5.15 Å². The van der Waals surface area contributed by atoms with Crippen molar-refractivity contribution < 1.29 is 0 Å². The van der Waals surface area contributed by atoms with Crippen LogP contribution in [0.25, 0.3) is 6.08 Å². The lowest BCUT2D eigenvalue weighted by atomic mass is 9.95. The monoisotopic (exact) mass is 316 g/mol. The fraction of sp³-hybridized carbons (Fsp3) is 0.176. The Bertz CT molecular complexity index is 686. The summed E-state index contributed by atoms with van der Waals surface area (Å²) < 4.78 is 0. The summed E-state index contributed by atoms with van der Waals surface area (Å²) in [6.07, 6.45) is 6.04. The first kappa shape index (κ1) is 14.3. The van der Waals surface area contributed by atoms with Gasteiger partial charge in [0.25, 0.3) is 0 Å². The van der Waals surface area contributed by atoms with E-state index in [0.29, 0.717) is 5.15 Å². The van der Waals surface area contributed by atoms with Crippen LogP contribution in [0.2, 0.25) is 10.2 Å². The molecule has 1 aliphatic rings. The molecule has 3 rings (SSSR count). The second-order valence-electron chi connectivity index (χ2n) is 4.92. The Kier molecular flexibility index (Phi) is 4.37. The van der Waals surface area contributed by atoms with Crippen LogP contribution in [0.5, 0.6) is 0 Å². The molecule has 0 amide bonds. The van der Waals surface area contributed by atoms with Gasteiger partial charge in [-0.1, -0.05) is 35.3 Å². The summed E-state index contributed by atoms with van der Waals surface area (Å²) >= 11 is 11.8. The number of aromatic nitrogens is 1. The number of aliphatic imine (C=N–C) groups is 1. The molecule has 0 spiro atoms. The van der Waals surface area contributed by atoms with Crippen molar-refractivity contribution in [2.24, 2.45) is 4.99 Å². The average molecular weight is 317 g/mol. The Morgan fingerprint density at radius 2 is 1.81 bits per heavy atom. The van der Waals surface area contributed by atoms with Crippen molar-refractivity contribution in [3.05, 3.63) is 69.5 Å². The highest BCUT2D eigenvalue weighted by molar-refractivity contribution is 6.30. The van der Waals surface area contributed by atoms with Gasteiger partial charge in [-0.3, -0.25) is 4.99 Å². The SMILES string of the molecule is Clc1ccc(C=C2CCCN=C2c2ccc(Cl)nc2)cc1. The summed E-state index contributed by atoms with van der Waals surface area (Å²) in [6, 6.07) is 11.6. The number of rotatable bonds is 2. The molecule has 0 radical (unpaired) electrons. The van der Waals surface area contributed by atoms with E-state index in [4.69, 9.17) is 23.2 Å². The third-order valence-corrected chi connectivity index (χ3v) is 3.87. The van der Waals surface area contributed by atoms with Crippen molar-refractivity contribution in [3.8, 4) is 0 Å². The second-order valence-corrected chi connectivity index (χ2v) is 5.75. The Morgan fingerprint density at radius 3 is 2.52 bits per heavy atom. The van der Waals surface area contributed by atoms with Crippen molar-refractivity contribution in [2.75, 3.05) is 6.54 Å². The van der Waals surface area contributed by atoms with Crippen molar-refractivity contribution in [2.45, 2.75) is 12.8 Å². The minimum atomic E-state index is 0.499. The van der Waals surface area contributed by atoms with Crippen molar-refractivity contribution in [1.82, 2.24) is 4.98 Å². The number of hydrogen-bond donors (Lipinski definition) is 0. The van der Waals surface area contributed by atoms with Crippen LogP contribution in [0.1, 0.15) is 24.0 Å². The Balaban J connectivity index is 1.96. The predicted octanol–water partition coefficient (Wildman–Crippen LogP) is 5.05. The highest BCUT2D eigenvalue weighted by Crippen LogP contribution is 2.23. The van der Waals surface area contributed by atoms with Crippen LogP contribution in [0.4, 0.5) is 0 Å². The van der Waals surface area contributed by atoms with Gasteiger partial charge in [-0.2, -0.15) is 0 Å². The zero-order chi connectivity index (χ0) is 14.7. The highest BCUT2D eigenvalue weighted by Gasteiger charge is 2.14. The zero-order valence-electron chi connectivity index (χ0n) is 11.4. The number of pyridine rings is 1. The number of benzene rings is 1. The van der Waals surface area contributed by atoms with E-state index < -0.39 is 0 Å². The molecule has 2 nitrogen and oxygen atoms in total. The molecular weight excluding hydrogens is 303 g/mol. The van der Waals surface area contributed by atoms with Gasteiger partial charge in [0.15, 0.2) is 0 Å². The molecule has 1 aromatic heterocycles. The first-order valence-corrected chi connectivity index (χ1v) is 7.61. The number of halogens is 2. The van der Waals surface area contributed by atoms with Crippen LogP contribution < -0.4 is 0 Å². The molecule has 0 atom stereocenters. The molecule has 1 aromatic carbocycles. The first-order chi connectivity index (χ1) is 10.2. The minimum absolute atomic E-state index is 0.499. The van der Waals surface area contributed by atoms with Gasteiger partial charge >= 0.3 is 0 Å². The van der Waals surface area contributed by atoms with Gasteiger partial charge in [0.2, 0.25) is 0 Å². The van der Waals surface area contributed by atoms with Gasteiger partial charge in [0, 0.05) is 23.3 Å². The quantitative estimate of drug-likeness (QED) is 0.711. The Hall–Kier alpha value is -1.64. The molecule has 0 N–H and O–H groups in total. The average Bonchev–Trinajstić information content (AvgIpc) is 2.51. The van der Waals surface area contributed by atoms with Gasteiger partial charge in [-0.15, -0.1) is 0 Å². The Morgan fingerprint density at radius 1 is 1.00 bits per heavy atom. The number of hydrogen-bond acceptors (Lipinski definition) is 2. The van der Waals surface area contributed by atoms with E-state index in [1.54, 1.807) is 12.3 Å². The standard InChI is InChI=1S/C17H14Cl2N2/c18-15-6-3-12(4-7-15)10-13-2-1-9-20-17(13)14-5-8-16(19)21-11-14/h3-8,10-11H,1-2,9H2. The molecule has 0 saturated heterocycles. The fourth-order valence-corrected chi connectivity index (χ4v) is 2.61. The minimum Gasteiger partial charge on any atom is -0.284 e. The van der Waals surface area contributed by atoms with E-state index in [9.17, 15) is 0 Å². The molecule has 0 unspecified atom stereocenters. The third-order valence-electron chi connectivity index (χ3n) is 3.39. The van der Waals surface area contributed by atoms with Crippen molar-refractivity contribution >= 4 is 35.0 Å². The van der Waals surface area contributed by atoms with E-state index in [1.807, 2.05) is 30.3 Å². The molecule has 106 valence electrons. The topological polar surface area (TPSA) is 25.2 Å². The molecular formula is C17H14Cl2N2. The summed E-state index contributed by atoms with van der Waals surface area (Å²) in [5, 5.41) is 1.25. The van der Waals surface area contributed by atoms with E-state index >= 15 is 0 Å². The van der Waals surface area contributed by atoms with E-state index in [-0.39, 0.29) is 0 Å². The van der Waals surface area contributed by atoms with Gasteiger partial charge in [-0.25, -0.2) is 4.98 Å². The first-order valence-electron chi connectivity index (χ1n) is 6.85. The molecule has 0 aliphatic carbocycles. The molecule has 4 heteroatoms. The van der Waals surface area contributed by atoms with E-state index in [2.05, 4.69) is 16.1 Å². The van der Waals surface area contributed by atoms with Crippen LogP contribution in [0, 0.1) is 0 Å². The van der Waals surface area contributed by atoms with Crippen LogP contribution in [-0.2, 0) is 0 Å². The van der Waals surface area contributed by atoms with Crippen LogP contribution >= 0.6 is 23.2 Å². The smallest absolute Gasteiger partial charge is 0.129 e. The molecule has 0 saturated carbocycles. The number of allylic oxidation sites excluding steroid dienone is 1. The van der Waals surface area contributed by atoms with Crippen LogP contribution in [0.15, 0.2) is 53.2 Å². The highest BCUT2D eigenvalue weighted by atomic mass is 35.5. The largest absolute Gasteiger partial charge is 0.284 e. The molecule has 1 aliphatic heterocycles. The lowest BCUT2D eigenvalue weighted by molar-refractivity contribution is 0.818. The summed E-state index contributed by atoms with van der Waals surface area (Å²) in [5.74, 6) is 0. The molecule has 2 aromatic rings. The number of nitrogens with zero attached hydrogens (tertiary/aromatic N) is 2. The molecule has 0 fully saturated rings. The van der Waals surface area contributed by atoms with Gasteiger partial charge in [0.05, 0.1) is 5.71 Å². The lowest BCUT2D eigenvalue weighted by Gasteiger charge is -2.16. The van der Waals surface area contributed by atoms with Crippen LogP contribution in [0.3, 0.4) is 0 Å². The summed E-state index contributed by atoms with van der Waals surface area (Å²) in [5.41, 5.74) is 4.39. The van der Waals surface area contributed by atoms with Gasteiger partial charge in [-0.05, 0) is 54.3 Å². The normalized spacial score (nSPS) is 16.9. The van der Waals surface area contributed by atoms with Crippen molar-refractivity contribution in [3.63, 3.8) is 0 Å². The fourth-order valence-electron chi connectivity index (χ4n) is 2.37.